The second-order valence-corrected chi connectivity index (χ2v) is 11.9. The van der Waals surface area contributed by atoms with Crippen molar-refractivity contribution in [1.82, 2.24) is 10.6 Å². The summed E-state index contributed by atoms with van der Waals surface area (Å²) in [6.45, 7) is 0. The molecule has 0 aliphatic carbocycles. The highest BCUT2D eigenvalue weighted by atomic mass is 32.1. The first kappa shape index (κ1) is 33.4. The van der Waals surface area contributed by atoms with Gasteiger partial charge in [-0.25, -0.2) is 0 Å². The third-order valence-electron chi connectivity index (χ3n) is 8.36. The van der Waals surface area contributed by atoms with Crippen LogP contribution >= 0.6 is 12.6 Å². The Morgan fingerprint density at radius 1 is 0.532 bits per heavy atom. The van der Waals surface area contributed by atoms with Gasteiger partial charge in [-0.15, -0.1) is 0 Å². The van der Waals surface area contributed by atoms with Crippen LogP contribution in [-0.4, -0.2) is 41.5 Å². The van der Waals surface area contributed by atoms with Crippen molar-refractivity contribution in [3.05, 3.63) is 179 Å². The number of hydrogen-bond acceptors (Lipinski definition) is 5. The minimum Gasteiger partial charge on any atom is -0.344 e. The van der Waals surface area contributed by atoms with E-state index in [4.69, 9.17) is 5.73 Å². The Morgan fingerprint density at radius 2 is 0.894 bits per heavy atom. The predicted octanol–water partition coefficient (Wildman–Crippen LogP) is 5.30. The fraction of sp³-hybridized carbons (Fsp3) is 0.175. The summed E-state index contributed by atoms with van der Waals surface area (Å²) in [6, 6.07) is 44.8. The zero-order valence-electron chi connectivity index (χ0n) is 26.0. The number of rotatable bonds is 14. The summed E-state index contributed by atoms with van der Waals surface area (Å²) < 4.78 is 0. The van der Waals surface area contributed by atoms with Gasteiger partial charge >= 0.3 is 0 Å². The van der Waals surface area contributed by atoms with Gasteiger partial charge in [-0.2, -0.15) is 12.6 Å². The summed E-state index contributed by atoms with van der Waals surface area (Å²) in [5.74, 6) is -1.15. The molecule has 6 nitrogen and oxygen atoms in total. The molecule has 0 aliphatic heterocycles. The Hall–Kier alpha value is -4.98. The number of nitrogens with two attached hydrogens (primary N) is 1. The van der Waals surface area contributed by atoms with Crippen molar-refractivity contribution in [3.8, 4) is 0 Å². The number of ketones is 1. The van der Waals surface area contributed by atoms with Crippen LogP contribution in [0.3, 0.4) is 0 Å². The van der Waals surface area contributed by atoms with Crippen molar-refractivity contribution in [2.24, 2.45) is 5.73 Å². The highest BCUT2D eigenvalue weighted by molar-refractivity contribution is 7.80. The molecule has 0 unspecified atom stereocenters. The second-order valence-electron chi connectivity index (χ2n) is 11.5. The summed E-state index contributed by atoms with van der Waals surface area (Å²) in [7, 11) is 0. The fourth-order valence-corrected chi connectivity index (χ4v) is 6.27. The Balaban J connectivity index is 1.48. The Bertz CT molecular complexity index is 1640. The number of Topliss-reactive ketones (excluding diaryl/α,β-unsaturated/α-hetero) is 1. The molecule has 0 fully saturated rings. The van der Waals surface area contributed by atoms with E-state index in [0.29, 0.717) is 6.42 Å². The second kappa shape index (κ2) is 16.0. The molecule has 3 atom stereocenters. The quantitative estimate of drug-likeness (QED) is 0.0977. The van der Waals surface area contributed by atoms with Gasteiger partial charge in [0.2, 0.25) is 11.8 Å². The summed E-state index contributed by atoms with van der Waals surface area (Å²) in [5, 5.41) is 5.85. The van der Waals surface area contributed by atoms with Gasteiger partial charge in [0.25, 0.3) is 0 Å². The van der Waals surface area contributed by atoms with Gasteiger partial charge in [-0.05, 0) is 34.2 Å². The first-order chi connectivity index (χ1) is 22.9. The topological polar surface area (TPSA) is 101 Å². The van der Waals surface area contributed by atoms with E-state index in [1.165, 1.54) is 0 Å². The van der Waals surface area contributed by atoms with E-state index in [9.17, 15) is 9.59 Å². The van der Waals surface area contributed by atoms with Crippen molar-refractivity contribution in [1.29, 1.82) is 0 Å². The van der Waals surface area contributed by atoms with Crippen molar-refractivity contribution < 1.29 is 14.4 Å². The lowest BCUT2D eigenvalue weighted by molar-refractivity contribution is -0.132. The van der Waals surface area contributed by atoms with E-state index in [0.717, 1.165) is 27.8 Å². The molecule has 0 bridgehead atoms. The van der Waals surface area contributed by atoms with Gasteiger partial charge in [0, 0.05) is 12.2 Å². The van der Waals surface area contributed by atoms with Crippen LogP contribution in [0, 0.1) is 0 Å². The lowest BCUT2D eigenvalue weighted by Crippen LogP contribution is -2.58. The number of hydrogen-bond donors (Lipinski definition) is 4. The first-order valence-corrected chi connectivity index (χ1v) is 16.3. The average molecular weight is 642 g/mol. The maximum atomic E-state index is 15.1. The van der Waals surface area contributed by atoms with Gasteiger partial charge < -0.3 is 16.4 Å². The lowest BCUT2D eigenvalue weighted by Gasteiger charge is -2.37. The predicted molar refractivity (Wildman–Crippen MR) is 190 cm³/mol. The standard InChI is InChI=1S/C40H39N3O3S/c41-34(26-29-16-6-1-7-17-29)38(45)42-35(27-30-18-8-2-9-19-30)39(46)43-36(28-47)37(44)40(31-20-10-3-11-21-31,32-22-12-4-13-23-32)33-24-14-5-15-25-33/h1-25,34-36,47H,26-28,41H2,(H,42,45)(H,43,46)/t34-,35-,36-/m0/s1. The number of amides is 2. The van der Waals surface area contributed by atoms with Crippen molar-refractivity contribution in [2.45, 2.75) is 36.4 Å². The average Bonchev–Trinajstić information content (AvgIpc) is 3.12. The molecule has 5 aromatic rings. The summed E-state index contributed by atoms with van der Waals surface area (Å²) in [6.07, 6.45) is 0.531. The molecule has 0 radical (unpaired) electrons. The molecule has 0 aromatic heterocycles. The van der Waals surface area contributed by atoms with E-state index in [1.54, 1.807) is 0 Å². The normalized spacial score (nSPS) is 13.1. The third-order valence-corrected chi connectivity index (χ3v) is 8.72. The number of benzene rings is 5. The molecule has 238 valence electrons. The van der Waals surface area contributed by atoms with E-state index in [-0.39, 0.29) is 18.0 Å². The van der Waals surface area contributed by atoms with Crippen LogP contribution in [0.25, 0.3) is 0 Å². The SMILES string of the molecule is N[C@@H](Cc1ccccc1)C(=O)N[C@@H](Cc1ccccc1)C(=O)N[C@@H](CS)C(=O)C(c1ccccc1)(c1ccccc1)c1ccccc1. The van der Waals surface area contributed by atoms with Crippen molar-refractivity contribution in [2.75, 3.05) is 5.75 Å². The number of nitrogens with one attached hydrogen (secondary N) is 2. The summed E-state index contributed by atoms with van der Waals surface area (Å²) in [4.78, 5) is 42.6. The van der Waals surface area contributed by atoms with Crippen LogP contribution in [0.4, 0.5) is 0 Å². The van der Waals surface area contributed by atoms with Gasteiger partial charge in [0.1, 0.15) is 11.5 Å². The molecule has 0 saturated carbocycles. The monoisotopic (exact) mass is 641 g/mol. The van der Waals surface area contributed by atoms with Gasteiger partial charge in [0.05, 0.1) is 12.1 Å². The van der Waals surface area contributed by atoms with Crippen LogP contribution in [0.5, 0.6) is 0 Å². The highest BCUT2D eigenvalue weighted by Crippen LogP contribution is 2.41. The lowest BCUT2D eigenvalue weighted by atomic mass is 9.65. The Labute approximate surface area is 281 Å². The molecule has 5 rings (SSSR count). The fourth-order valence-electron chi connectivity index (χ4n) is 6.02. The number of carbonyl (C=O) groups excluding carboxylic acids is 3. The Kier molecular flexibility index (Phi) is 11.4. The molecule has 7 heteroatoms. The summed E-state index contributed by atoms with van der Waals surface area (Å²) >= 11 is 4.58. The molecule has 0 spiro atoms. The van der Waals surface area contributed by atoms with Crippen molar-refractivity contribution in [3.63, 3.8) is 0 Å². The zero-order valence-corrected chi connectivity index (χ0v) is 26.9. The molecular weight excluding hydrogens is 603 g/mol. The van der Waals surface area contributed by atoms with Crippen LogP contribution in [0.1, 0.15) is 27.8 Å². The molecule has 0 heterocycles. The molecule has 2 amide bonds. The molecule has 47 heavy (non-hydrogen) atoms. The first-order valence-electron chi connectivity index (χ1n) is 15.7. The number of carbonyl (C=O) groups is 3. The third kappa shape index (κ3) is 7.88. The van der Waals surface area contributed by atoms with Crippen LogP contribution in [0.15, 0.2) is 152 Å². The maximum Gasteiger partial charge on any atom is 0.243 e. The zero-order chi connectivity index (χ0) is 33.1. The minimum absolute atomic E-state index is 0.0400. The largest absolute Gasteiger partial charge is 0.344 e. The van der Waals surface area contributed by atoms with Crippen LogP contribution in [-0.2, 0) is 32.6 Å². The van der Waals surface area contributed by atoms with Crippen LogP contribution in [0.2, 0.25) is 0 Å². The van der Waals surface area contributed by atoms with E-state index in [1.807, 2.05) is 152 Å². The molecular formula is C40H39N3O3S. The van der Waals surface area contributed by atoms with Crippen LogP contribution < -0.4 is 16.4 Å². The number of thiol groups is 1. The van der Waals surface area contributed by atoms with E-state index < -0.39 is 35.4 Å². The van der Waals surface area contributed by atoms with E-state index in [2.05, 4.69) is 23.3 Å². The highest BCUT2D eigenvalue weighted by Gasteiger charge is 2.47. The molecule has 4 N–H and O–H groups in total. The Morgan fingerprint density at radius 3 is 1.30 bits per heavy atom. The van der Waals surface area contributed by atoms with Gasteiger partial charge in [-0.3, -0.25) is 14.4 Å². The summed E-state index contributed by atoms with van der Waals surface area (Å²) in [5.41, 5.74) is 9.13. The van der Waals surface area contributed by atoms with Gasteiger partial charge in [0.15, 0.2) is 5.78 Å². The molecule has 5 aromatic carbocycles. The molecule has 0 aliphatic rings. The minimum atomic E-state index is -1.25. The van der Waals surface area contributed by atoms with Crippen molar-refractivity contribution >= 4 is 30.2 Å². The maximum absolute atomic E-state index is 15.1. The smallest absolute Gasteiger partial charge is 0.243 e. The molecule has 0 saturated heterocycles. The van der Waals surface area contributed by atoms with E-state index >= 15 is 4.79 Å². The van der Waals surface area contributed by atoms with Gasteiger partial charge in [-0.1, -0.05) is 152 Å².